The molecule has 1 atom stereocenters. The number of nitrogens with zero attached hydrogens (tertiary/aromatic N) is 1. The summed E-state index contributed by atoms with van der Waals surface area (Å²) in [6.45, 7) is 1.59. The Morgan fingerprint density at radius 2 is 2.21 bits per heavy atom. The second-order valence-corrected chi connectivity index (χ2v) is 4.45. The van der Waals surface area contributed by atoms with Gasteiger partial charge in [-0.3, -0.25) is 9.78 Å². The van der Waals surface area contributed by atoms with Crippen molar-refractivity contribution in [3.8, 4) is 0 Å². The van der Waals surface area contributed by atoms with Gasteiger partial charge in [0.1, 0.15) is 5.69 Å². The van der Waals surface area contributed by atoms with Crippen LogP contribution in [0.2, 0.25) is 0 Å². The van der Waals surface area contributed by atoms with E-state index in [0.29, 0.717) is 12.7 Å². The van der Waals surface area contributed by atoms with Gasteiger partial charge in [0.15, 0.2) is 0 Å². The van der Waals surface area contributed by atoms with Gasteiger partial charge in [-0.2, -0.15) is 13.2 Å². The molecule has 2 rings (SSSR count). The van der Waals surface area contributed by atoms with Gasteiger partial charge in [0, 0.05) is 18.8 Å². The summed E-state index contributed by atoms with van der Waals surface area (Å²) in [4.78, 5) is 15.3. The van der Waals surface area contributed by atoms with Crippen molar-refractivity contribution in [3.63, 3.8) is 0 Å². The molecule has 1 aliphatic rings. The standard InChI is InChI=1S/C12H14F3N3O/c13-12(14,15)8-3-4-10(17-6-8)11(19)18-9-2-1-5-16-7-9/h3-4,6,9,16H,1-2,5,7H2,(H,18,19)/t9-/m1/s1. The van der Waals surface area contributed by atoms with Gasteiger partial charge < -0.3 is 10.6 Å². The van der Waals surface area contributed by atoms with Gasteiger partial charge in [0.05, 0.1) is 5.56 Å². The summed E-state index contributed by atoms with van der Waals surface area (Å²) in [7, 11) is 0. The monoisotopic (exact) mass is 273 g/mol. The average Bonchev–Trinajstić information content (AvgIpc) is 2.39. The summed E-state index contributed by atoms with van der Waals surface area (Å²) in [5, 5.41) is 5.88. The minimum absolute atomic E-state index is 0.00132. The number of pyridine rings is 1. The van der Waals surface area contributed by atoms with E-state index in [1.165, 1.54) is 0 Å². The topological polar surface area (TPSA) is 54.0 Å². The second kappa shape index (κ2) is 5.56. The molecule has 0 radical (unpaired) electrons. The lowest BCUT2D eigenvalue weighted by Gasteiger charge is -2.23. The first kappa shape index (κ1) is 13.8. The van der Waals surface area contributed by atoms with Gasteiger partial charge in [-0.15, -0.1) is 0 Å². The Kier molecular flexibility index (Phi) is 4.04. The first-order valence-corrected chi connectivity index (χ1v) is 6.01. The quantitative estimate of drug-likeness (QED) is 0.860. The van der Waals surface area contributed by atoms with E-state index in [1.54, 1.807) is 0 Å². The van der Waals surface area contributed by atoms with Crippen LogP contribution in [0, 0.1) is 0 Å². The fourth-order valence-corrected chi connectivity index (χ4v) is 1.93. The summed E-state index contributed by atoms with van der Waals surface area (Å²) in [6.07, 6.45) is -1.94. The van der Waals surface area contributed by atoms with Crippen LogP contribution in [0.4, 0.5) is 13.2 Å². The Bertz CT molecular complexity index is 439. The molecule has 1 aromatic rings. The fraction of sp³-hybridized carbons (Fsp3) is 0.500. The van der Waals surface area contributed by atoms with Gasteiger partial charge in [0.25, 0.3) is 5.91 Å². The van der Waals surface area contributed by atoms with Gasteiger partial charge in [-0.25, -0.2) is 0 Å². The number of aromatic nitrogens is 1. The molecule has 4 nitrogen and oxygen atoms in total. The Hall–Kier alpha value is -1.63. The van der Waals surface area contributed by atoms with Crippen LogP contribution >= 0.6 is 0 Å². The number of alkyl halides is 3. The lowest BCUT2D eigenvalue weighted by atomic mass is 10.1. The van der Waals surface area contributed by atoms with Crippen molar-refractivity contribution >= 4 is 5.91 Å². The van der Waals surface area contributed by atoms with E-state index in [9.17, 15) is 18.0 Å². The minimum Gasteiger partial charge on any atom is -0.347 e. The Morgan fingerprint density at radius 3 is 2.74 bits per heavy atom. The van der Waals surface area contributed by atoms with Gasteiger partial charge in [0.2, 0.25) is 0 Å². The Morgan fingerprint density at radius 1 is 1.42 bits per heavy atom. The van der Waals surface area contributed by atoms with Crippen LogP contribution in [0.5, 0.6) is 0 Å². The number of hydrogen-bond donors (Lipinski definition) is 2. The van der Waals surface area contributed by atoms with E-state index < -0.39 is 17.6 Å². The van der Waals surface area contributed by atoms with E-state index in [1.807, 2.05) is 0 Å². The van der Waals surface area contributed by atoms with Crippen LogP contribution in [0.1, 0.15) is 28.9 Å². The Labute approximate surface area is 108 Å². The highest BCUT2D eigenvalue weighted by Gasteiger charge is 2.31. The third-order valence-electron chi connectivity index (χ3n) is 2.96. The van der Waals surface area contributed by atoms with E-state index in [-0.39, 0.29) is 11.7 Å². The molecule has 0 bridgehead atoms. The summed E-state index contributed by atoms with van der Waals surface area (Å²) in [6, 6.07) is 1.96. The molecule has 0 aliphatic carbocycles. The number of piperidine rings is 1. The van der Waals surface area contributed by atoms with Crippen LogP contribution in [0.25, 0.3) is 0 Å². The molecule has 104 valence electrons. The summed E-state index contributed by atoms with van der Waals surface area (Å²) >= 11 is 0. The number of carbonyl (C=O) groups excluding carboxylic acids is 1. The lowest BCUT2D eigenvalue weighted by Crippen LogP contribution is -2.45. The smallest absolute Gasteiger partial charge is 0.347 e. The maximum Gasteiger partial charge on any atom is 0.417 e. The molecule has 7 heteroatoms. The van der Waals surface area contributed by atoms with Crippen LogP contribution < -0.4 is 10.6 Å². The maximum absolute atomic E-state index is 12.3. The average molecular weight is 273 g/mol. The highest BCUT2D eigenvalue weighted by Crippen LogP contribution is 2.28. The van der Waals surface area contributed by atoms with Gasteiger partial charge in [-0.05, 0) is 31.5 Å². The molecule has 2 N–H and O–H groups in total. The molecule has 0 unspecified atom stereocenters. The number of carbonyl (C=O) groups is 1. The van der Waals surface area contributed by atoms with Crippen LogP contribution in [0.15, 0.2) is 18.3 Å². The molecule has 1 aliphatic heterocycles. The minimum atomic E-state index is -4.44. The first-order chi connectivity index (χ1) is 8.97. The van der Waals surface area contributed by atoms with E-state index in [4.69, 9.17) is 0 Å². The van der Waals surface area contributed by atoms with Crippen molar-refractivity contribution in [2.75, 3.05) is 13.1 Å². The zero-order valence-corrected chi connectivity index (χ0v) is 10.1. The number of halogens is 3. The molecule has 1 saturated heterocycles. The van der Waals surface area contributed by atoms with Gasteiger partial charge >= 0.3 is 6.18 Å². The number of rotatable bonds is 2. The number of amides is 1. The molecule has 0 saturated carbocycles. The molecular formula is C12H14F3N3O. The third kappa shape index (κ3) is 3.66. The molecule has 1 aromatic heterocycles. The zero-order valence-electron chi connectivity index (χ0n) is 10.1. The van der Waals surface area contributed by atoms with Crippen molar-refractivity contribution in [1.29, 1.82) is 0 Å². The molecule has 19 heavy (non-hydrogen) atoms. The van der Waals surface area contributed by atoms with Gasteiger partial charge in [-0.1, -0.05) is 0 Å². The summed E-state index contributed by atoms with van der Waals surface area (Å²) in [5.74, 6) is -0.442. The maximum atomic E-state index is 12.3. The molecule has 0 spiro atoms. The lowest BCUT2D eigenvalue weighted by molar-refractivity contribution is -0.137. The summed E-state index contributed by atoms with van der Waals surface area (Å²) in [5.41, 5.74) is -0.859. The van der Waals surface area contributed by atoms with Crippen molar-refractivity contribution < 1.29 is 18.0 Å². The third-order valence-corrected chi connectivity index (χ3v) is 2.96. The van der Waals surface area contributed by atoms with E-state index >= 15 is 0 Å². The number of nitrogens with one attached hydrogen (secondary N) is 2. The largest absolute Gasteiger partial charge is 0.417 e. The van der Waals surface area contributed by atoms with E-state index in [2.05, 4.69) is 15.6 Å². The SMILES string of the molecule is O=C(N[C@@H]1CCCNC1)c1ccc(C(F)(F)F)cn1. The number of hydrogen-bond acceptors (Lipinski definition) is 3. The highest BCUT2D eigenvalue weighted by molar-refractivity contribution is 5.92. The van der Waals surface area contributed by atoms with Crippen molar-refractivity contribution in [3.05, 3.63) is 29.6 Å². The molecule has 2 heterocycles. The molecular weight excluding hydrogens is 259 g/mol. The zero-order chi connectivity index (χ0) is 13.9. The predicted octanol–water partition coefficient (Wildman–Crippen LogP) is 1.58. The van der Waals surface area contributed by atoms with Crippen LogP contribution in [0.3, 0.4) is 0 Å². The second-order valence-electron chi connectivity index (χ2n) is 4.45. The predicted molar refractivity (Wildman–Crippen MR) is 62.6 cm³/mol. The Balaban J connectivity index is 1.99. The van der Waals surface area contributed by atoms with Crippen molar-refractivity contribution in [2.45, 2.75) is 25.1 Å². The van der Waals surface area contributed by atoms with Crippen molar-refractivity contribution in [1.82, 2.24) is 15.6 Å². The van der Waals surface area contributed by atoms with E-state index in [0.717, 1.165) is 31.5 Å². The summed E-state index contributed by atoms with van der Waals surface area (Å²) < 4.78 is 37.0. The molecule has 1 fully saturated rings. The highest BCUT2D eigenvalue weighted by atomic mass is 19.4. The first-order valence-electron chi connectivity index (χ1n) is 6.01. The van der Waals surface area contributed by atoms with Crippen LogP contribution in [-0.2, 0) is 6.18 Å². The molecule has 0 aromatic carbocycles. The van der Waals surface area contributed by atoms with Crippen LogP contribution in [-0.4, -0.2) is 30.0 Å². The fourth-order valence-electron chi connectivity index (χ4n) is 1.93. The normalized spacial score (nSPS) is 20.1. The van der Waals surface area contributed by atoms with Crippen molar-refractivity contribution in [2.24, 2.45) is 0 Å². The molecule has 1 amide bonds.